The van der Waals surface area contributed by atoms with Crippen LogP contribution in [0.4, 0.5) is 5.69 Å². The van der Waals surface area contributed by atoms with E-state index < -0.39 is 11.9 Å². The molecule has 0 heterocycles. The molecular weight excluding hydrogens is 289 g/mol. The molecule has 1 amide bonds. The van der Waals surface area contributed by atoms with Crippen LogP contribution in [0.15, 0.2) is 30.4 Å². The molecule has 0 fully saturated rings. The molecule has 0 aliphatic carbocycles. The molecule has 4 nitrogen and oxygen atoms in total. The van der Waals surface area contributed by atoms with E-state index in [1.54, 1.807) is 18.2 Å². The van der Waals surface area contributed by atoms with Crippen LogP contribution < -0.4 is 10.0 Å². The fraction of sp³-hybridized carbons (Fsp3) is 0.231. The van der Waals surface area contributed by atoms with Crippen LogP contribution in [0.2, 0.25) is 10.0 Å². The second-order valence-electron chi connectivity index (χ2n) is 3.74. The van der Waals surface area contributed by atoms with Gasteiger partial charge in [0.1, 0.15) is 0 Å². The molecule has 0 aliphatic heterocycles. The van der Waals surface area contributed by atoms with Crippen LogP contribution in [0.5, 0.6) is 0 Å². The standard InChI is InChI=1S/C13H13Cl2NO3/c1-2-7-16(12(17)5-6-13(18)19)9-3-4-10(14)11(15)8-9/h3-6,8H,2,7H2,1H3,(H,18,19)/p-1. The van der Waals surface area contributed by atoms with Crippen molar-refractivity contribution >= 4 is 40.8 Å². The van der Waals surface area contributed by atoms with Crippen LogP contribution in [0.3, 0.4) is 0 Å². The Morgan fingerprint density at radius 2 is 1.95 bits per heavy atom. The zero-order valence-electron chi connectivity index (χ0n) is 10.2. The SMILES string of the molecule is CCCN(C(=O)C=CC(=O)[O-])c1ccc(Cl)c(Cl)c1. The summed E-state index contributed by atoms with van der Waals surface area (Å²) in [6, 6.07) is 4.79. The normalized spacial score (nSPS) is 10.7. The van der Waals surface area contributed by atoms with Crippen molar-refractivity contribution in [1.82, 2.24) is 0 Å². The van der Waals surface area contributed by atoms with Gasteiger partial charge in [-0.05, 0) is 30.7 Å². The largest absolute Gasteiger partial charge is 0.545 e. The third-order valence-corrected chi connectivity index (χ3v) is 3.03. The van der Waals surface area contributed by atoms with E-state index in [0.717, 1.165) is 6.08 Å². The van der Waals surface area contributed by atoms with Gasteiger partial charge in [-0.3, -0.25) is 4.79 Å². The van der Waals surface area contributed by atoms with Crippen molar-refractivity contribution in [1.29, 1.82) is 0 Å². The number of carboxylic acid groups (broad SMARTS) is 1. The average molecular weight is 301 g/mol. The highest BCUT2D eigenvalue weighted by Gasteiger charge is 2.13. The van der Waals surface area contributed by atoms with Gasteiger partial charge in [-0.15, -0.1) is 0 Å². The second kappa shape index (κ2) is 7.16. The maximum atomic E-state index is 11.9. The molecule has 0 saturated carbocycles. The van der Waals surface area contributed by atoms with Gasteiger partial charge in [0.05, 0.1) is 16.0 Å². The van der Waals surface area contributed by atoms with Gasteiger partial charge in [0.25, 0.3) is 5.91 Å². The van der Waals surface area contributed by atoms with E-state index in [1.807, 2.05) is 6.92 Å². The lowest BCUT2D eigenvalue weighted by Crippen LogP contribution is -2.30. The summed E-state index contributed by atoms with van der Waals surface area (Å²) in [6.07, 6.45) is 2.36. The van der Waals surface area contributed by atoms with Gasteiger partial charge in [0, 0.05) is 18.3 Å². The zero-order chi connectivity index (χ0) is 14.4. The number of aliphatic carboxylic acids is 1. The fourth-order valence-electron chi connectivity index (χ4n) is 1.47. The molecule has 0 N–H and O–H groups in total. The minimum Gasteiger partial charge on any atom is -0.545 e. The van der Waals surface area contributed by atoms with Crippen LogP contribution in [0.25, 0.3) is 0 Å². The summed E-state index contributed by atoms with van der Waals surface area (Å²) >= 11 is 11.7. The van der Waals surface area contributed by atoms with Crippen molar-refractivity contribution in [3.8, 4) is 0 Å². The molecule has 0 unspecified atom stereocenters. The van der Waals surface area contributed by atoms with Crippen LogP contribution in [-0.4, -0.2) is 18.4 Å². The minimum atomic E-state index is -1.42. The number of carbonyl (C=O) groups is 2. The second-order valence-corrected chi connectivity index (χ2v) is 4.56. The first-order valence-corrected chi connectivity index (χ1v) is 6.37. The van der Waals surface area contributed by atoms with Crippen molar-refractivity contribution in [3.63, 3.8) is 0 Å². The molecule has 0 radical (unpaired) electrons. The lowest BCUT2D eigenvalue weighted by Gasteiger charge is -2.21. The number of halogens is 2. The number of amides is 1. The summed E-state index contributed by atoms with van der Waals surface area (Å²) in [5.41, 5.74) is 0.559. The van der Waals surface area contributed by atoms with Gasteiger partial charge in [0.2, 0.25) is 0 Å². The van der Waals surface area contributed by atoms with Gasteiger partial charge >= 0.3 is 0 Å². The molecular formula is C13H12Cl2NO3-. The van der Waals surface area contributed by atoms with Gasteiger partial charge in [-0.1, -0.05) is 30.1 Å². The third-order valence-electron chi connectivity index (χ3n) is 2.29. The summed E-state index contributed by atoms with van der Waals surface area (Å²) in [6.45, 7) is 2.34. The van der Waals surface area contributed by atoms with E-state index >= 15 is 0 Å². The Hall–Kier alpha value is -1.52. The summed E-state index contributed by atoms with van der Waals surface area (Å²) in [5, 5.41) is 11.0. The lowest BCUT2D eigenvalue weighted by atomic mass is 10.2. The van der Waals surface area contributed by atoms with E-state index in [9.17, 15) is 14.7 Å². The molecule has 1 aromatic carbocycles. The summed E-state index contributed by atoms with van der Waals surface area (Å²) in [5.74, 6) is -1.87. The zero-order valence-corrected chi connectivity index (χ0v) is 11.7. The molecule has 0 saturated heterocycles. The van der Waals surface area contributed by atoms with Crippen molar-refractivity contribution in [2.45, 2.75) is 13.3 Å². The van der Waals surface area contributed by atoms with Crippen molar-refractivity contribution in [3.05, 3.63) is 40.4 Å². The van der Waals surface area contributed by atoms with Crippen LogP contribution in [0, 0.1) is 0 Å². The number of nitrogens with zero attached hydrogens (tertiary/aromatic N) is 1. The lowest BCUT2D eigenvalue weighted by molar-refractivity contribution is -0.297. The van der Waals surface area contributed by atoms with E-state index in [2.05, 4.69) is 0 Å². The van der Waals surface area contributed by atoms with Crippen LogP contribution in [0.1, 0.15) is 13.3 Å². The number of rotatable bonds is 5. The predicted molar refractivity (Wildman–Crippen MR) is 73.3 cm³/mol. The maximum Gasteiger partial charge on any atom is 0.251 e. The molecule has 0 aromatic heterocycles. The van der Waals surface area contributed by atoms with Crippen LogP contribution in [-0.2, 0) is 9.59 Å². The molecule has 6 heteroatoms. The third kappa shape index (κ3) is 4.58. The topological polar surface area (TPSA) is 60.4 Å². The average Bonchev–Trinajstić information content (AvgIpc) is 2.36. The highest BCUT2D eigenvalue weighted by molar-refractivity contribution is 6.42. The number of anilines is 1. The van der Waals surface area contributed by atoms with Gasteiger partial charge in [0.15, 0.2) is 0 Å². The van der Waals surface area contributed by atoms with Gasteiger partial charge < -0.3 is 14.8 Å². The number of carbonyl (C=O) groups excluding carboxylic acids is 2. The summed E-state index contributed by atoms with van der Waals surface area (Å²) in [7, 11) is 0. The molecule has 0 bridgehead atoms. The first-order valence-electron chi connectivity index (χ1n) is 5.61. The van der Waals surface area contributed by atoms with E-state index in [0.29, 0.717) is 34.8 Å². The Balaban J connectivity index is 3.02. The first kappa shape index (κ1) is 15.5. The summed E-state index contributed by atoms with van der Waals surface area (Å²) < 4.78 is 0. The Kier molecular flexibility index (Phi) is 5.86. The highest BCUT2D eigenvalue weighted by atomic mass is 35.5. The number of hydrogen-bond donors (Lipinski definition) is 0. The Morgan fingerprint density at radius 3 is 2.47 bits per heavy atom. The van der Waals surface area contributed by atoms with Crippen molar-refractivity contribution in [2.75, 3.05) is 11.4 Å². The molecule has 19 heavy (non-hydrogen) atoms. The molecule has 0 atom stereocenters. The fourth-order valence-corrected chi connectivity index (χ4v) is 1.76. The number of benzene rings is 1. The van der Waals surface area contributed by atoms with Crippen molar-refractivity contribution < 1.29 is 14.7 Å². The molecule has 102 valence electrons. The Bertz CT molecular complexity index is 515. The molecule has 0 spiro atoms. The smallest absolute Gasteiger partial charge is 0.251 e. The molecule has 0 aliphatic rings. The van der Waals surface area contributed by atoms with Crippen LogP contribution >= 0.6 is 23.2 Å². The predicted octanol–water partition coefficient (Wildman–Crippen LogP) is 2.04. The Labute approximate surface area is 121 Å². The maximum absolute atomic E-state index is 11.9. The summed E-state index contributed by atoms with van der Waals surface area (Å²) in [4.78, 5) is 23.6. The van der Waals surface area contributed by atoms with Gasteiger partial charge in [-0.25, -0.2) is 0 Å². The minimum absolute atomic E-state index is 0.331. The first-order chi connectivity index (χ1) is 8.95. The Morgan fingerprint density at radius 1 is 1.26 bits per heavy atom. The van der Waals surface area contributed by atoms with E-state index in [1.165, 1.54) is 4.90 Å². The molecule has 1 aromatic rings. The highest BCUT2D eigenvalue weighted by Crippen LogP contribution is 2.27. The van der Waals surface area contributed by atoms with Crippen molar-refractivity contribution in [2.24, 2.45) is 0 Å². The van der Waals surface area contributed by atoms with E-state index in [-0.39, 0.29) is 0 Å². The number of hydrogen-bond acceptors (Lipinski definition) is 3. The number of carboxylic acids is 1. The quantitative estimate of drug-likeness (QED) is 0.782. The monoisotopic (exact) mass is 300 g/mol. The van der Waals surface area contributed by atoms with Gasteiger partial charge in [-0.2, -0.15) is 0 Å². The molecule has 1 rings (SSSR count). The van der Waals surface area contributed by atoms with E-state index in [4.69, 9.17) is 23.2 Å².